The van der Waals surface area contributed by atoms with E-state index in [9.17, 15) is 9.90 Å². The zero-order valence-electron chi connectivity index (χ0n) is 14.1. The van der Waals surface area contributed by atoms with Gasteiger partial charge in [-0.05, 0) is 50.4 Å². The maximum absolute atomic E-state index is 12.6. The van der Waals surface area contributed by atoms with Crippen LogP contribution in [0.5, 0.6) is 0 Å². The van der Waals surface area contributed by atoms with Crippen LogP contribution in [0.15, 0.2) is 6.20 Å². The Bertz CT molecular complexity index is 536. The van der Waals surface area contributed by atoms with Gasteiger partial charge in [0.25, 0.3) is 5.91 Å². The summed E-state index contributed by atoms with van der Waals surface area (Å²) in [6.07, 6.45) is 9.60. The molecule has 2 atom stereocenters. The molecule has 2 aliphatic carbocycles. The van der Waals surface area contributed by atoms with Crippen LogP contribution < -0.4 is 5.32 Å². The summed E-state index contributed by atoms with van der Waals surface area (Å²) in [4.78, 5) is 12.6. The van der Waals surface area contributed by atoms with Crippen molar-refractivity contribution < 1.29 is 9.90 Å². The molecule has 1 amide bonds. The van der Waals surface area contributed by atoms with Crippen LogP contribution in [0.4, 0.5) is 0 Å². The Morgan fingerprint density at radius 2 is 2.13 bits per heavy atom. The molecule has 1 aromatic rings. The van der Waals surface area contributed by atoms with Crippen molar-refractivity contribution in [3.63, 3.8) is 0 Å². The molecule has 0 aliphatic heterocycles. The fraction of sp³-hybridized carbons (Fsp3) is 0.778. The monoisotopic (exact) mass is 319 g/mol. The van der Waals surface area contributed by atoms with Crippen LogP contribution in [-0.4, -0.2) is 33.9 Å². The minimum Gasteiger partial charge on any atom is -0.396 e. The molecule has 3 rings (SSSR count). The van der Waals surface area contributed by atoms with Crippen molar-refractivity contribution in [2.45, 2.75) is 64.3 Å². The minimum absolute atomic E-state index is 0.0281. The molecule has 1 aromatic heterocycles. The molecule has 5 heteroatoms. The van der Waals surface area contributed by atoms with Crippen molar-refractivity contribution in [3.8, 4) is 0 Å². The van der Waals surface area contributed by atoms with Crippen LogP contribution in [0.2, 0.25) is 0 Å². The smallest absolute Gasteiger partial charge is 0.254 e. The first kappa shape index (κ1) is 16.5. The largest absolute Gasteiger partial charge is 0.396 e. The quantitative estimate of drug-likeness (QED) is 0.812. The molecule has 0 radical (unpaired) electrons. The van der Waals surface area contributed by atoms with Crippen LogP contribution in [0.25, 0.3) is 0 Å². The van der Waals surface area contributed by atoms with Gasteiger partial charge in [0.05, 0.1) is 17.5 Å². The van der Waals surface area contributed by atoms with Crippen molar-refractivity contribution in [1.29, 1.82) is 0 Å². The van der Waals surface area contributed by atoms with E-state index in [1.165, 1.54) is 12.8 Å². The Kier molecular flexibility index (Phi) is 5.36. The Morgan fingerprint density at radius 1 is 1.35 bits per heavy atom. The molecule has 0 unspecified atom stereocenters. The number of aliphatic hydroxyl groups excluding tert-OH is 1. The average molecular weight is 319 g/mol. The third kappa shape index (κ3) is 3.94. The van der Waals surface area contributed by atoms with Gasteiger partial charge in [-0.2, -0.15) is 5.10 Å². The highest BCUT2D eigenvalue weighted by molar-refractivity contribution is 5.95. The van der Waals surface area contributed by atoms with Gasteiger partial charge in [-0.3, -0.25) is 9.48 Å². The molecular weight excluding hydrogens is 290 g/mol. The van der Waals surface area contributed by atoms with Crippen molar-refractivity contribution in [2.75, 3.05) is 13.2 Å². The number of amides is 1. The van der Waals surface area contributed by atoms with E-state index >= 15 is 0 Å². The molecule has 2 N–H and O–H groups in total. The van der Waals surface area contributed by atoms with Crippen LogP contribution in [0.1, 0.15) is 73.8 Å². The summed E-state index contributed by atoms with van der Waals surface area (Å²) in [7, 11) is 0. The van der Waals surface area contributed by atoms with E-state index in [1.54, 1.807) is 6.20 Å². The summed E-state index contributed by atoms with van der Waals surface area (Å²) in [6.45, 7) is 4.02. The molecule has 0 saturated heterocycles. The lowest BCUT2D eigenvalue weighted by atomic mass is 9.82. The van der Waals surface area contributed by atoms with Gasteiger partial charge in [-0.1, -0.05) is 13.3 Å². The van der Waals surface area contributed by atoms with Gasteiger partial charge < -0.3 is 10.4 Å². The predicted molar refractivity (Wildman–Crippen MR) is 89.4 cm³/mol. The van der Waals surface area contributed by atoms with Gasteiger partial charge in [0.2, 0.25) is 0 Å². The van der Waals surface area contributed by atoms with E-state index in [1.807, 2.05) is 4.68 Å². The molecule has 2 fully saturated rings. The predicted octanol–water partition coefficient (Wildman–Crippen LogP) is 2.70. The van der Waals surface area contributed by atoms with E-state index in [0.717, 1.165) is 56.5 Å². The lowest BCUT2D eigenvalue weighted by molar-refractivity contribution is 0.0933. The van der Waals surface area contributed by atoms with Crippen molar-refractivity contribution in [1.82, 2.24) is 15.1 Å². The Morgan fingerprint density at radius 3 is 2.83 bits per heavy atom. The van der Waals surface area contributed by atoms with E-state index in [4.69, 9.17) is 0 Å². The van der Waals surface area contributed by atoms with E-state index in [-0.39, 0.29) is 12.5 Å². The van der Waals surface area contributed by atoms with Crippen molar-refractivity contribution in [2.24, 2.45) is 11.8 Å². The lowest BCUT2D eigenvalue weighted by Crippen LogP contribution is -2.32. The summed E-state index contributed by atoms with van der Waals surface area (Å²) in [5, 5.41) is 16.9. The number of carbonyl (C=O) groups is 1. The van der Waals surface area contributed by atoms with Gasteiger partial charge in [-0.15, -0.1) is 0 Å². The molecule has 2 aliphatic rings. The van der Waals surface area contributed by atoms with Gasteiger partial charge >= 0.3 is 0 Å². The first-order chi connectivity index (χ1) is 11.2. The molecule has 23 heavy (non-hydrogen) atoms. The summed E-state index contributed by atoms with van der Waals surface area (Å²) < 4.78 is 2.02. The van der Waals surface area contributed by atoms with Crippen LogP contribution in [-0.2, 0) is 6.54 Å². The summed E-state index contributed by atoms with van der Waals surface area (Å²) in [5.41, 5.74) is 1.91. The topological polar surface area (TPSA) is 67.2 Å². The maximum Gasteiger partial charge on any atom is 0.254 e. The Labute approximate surface area is 138 Å². The molecule has 5 nitrogen and oxygen atoms in total. The van der Waals surface area contributed by atoms with Crippen molar-refractivity contribution >= 4 is 5.91 Å². The van der Waals surface area contributed by atoms with Gasteiger partial charge in [-0.25, -0.2) is 0 Å². The Hall–Kier alpha value is -1.36. The number of nitrogens with zero attached hydrogens (tertiary/aromatic N) is 2. The standard InChI is InChI=1S/C18H29N3O2/c1-2-8-21-17(15-6-7-15)16(11-20-21)18(23)19-10-13-4-3-5-14(9-13)12-22/h11,13-15,22H,2-10,12H2,1H3,(H,19,23)/t13-,14+/m0/s1. The molecule has 128 valence electrons. The molecule has 0 bridgehead atoms. The van der Waals surface area contributed by atoms with Crippen molar-refractivity contribution in [3.05, 3.63) is 17.5 Å². The highest BCUT2D eigenvalue weighted by Gasteiger charge is 2.32. The van der Waals surface area contributed by atoms with Crippen LogP contribution >= 0.6 is 0 Å². The van der Waals surface area contributed by atoms with E-state index in [2.05, 4.69) is 17.3 Å². The third-order valence-electron chi connectivity index (χ3n) is 5.23. The van der Waals surface area contributed by atoms with Gasteiger partial charge in [0.15, 0.2) is 0 Å². The molecule has 1 heterocycles. The molecule has 0 aromatic carbocycles. The number of hydrogen-bond acceptors (Lipinski definition) is 3. The number of aliphatic hydroxyl groups is 1. The number of hydrogen-bond donors (Lipinski definition) is 2. The average Bonchev–Trinajstić information content (AvgIpc) is 3.33. The van der Waals surface area contributed by atoms with E-state index in [0.29, 0.717) is 17.8 Å². The molecular formula is C18H29N3O2. The highest BCUT2D eigenvalue weighted by atomic mass is 16.3. The number of aryl methyl sites for hydroxylation is 1. The SMILES string of the molecule is CCCn1ncc(C(=O)NC[C@H]2CCC[C@@H](CO)C2)c1C1CC1. The summed E-state index contributed by atoms with van der Waals surface area (Å²) >= 11 is 0. The van der Waals surface area contributed by atoms with E-state index < -0.39 is 0 Å². The fourth-order valence-electron chi connectivity index (χ4n) is 3.83. The van der Waals surface area contributed by atoms with Crippen LogP contribution in [0.3, 0.4) is 0 Å². The molecule has 0 spiro atoms. The maximum atomic E-state index is 12.6. The van der Waals surface area contributed by atoms with Gasteiger partial charge in [0, 0.05) is 25.6 Å². The second-order valence-electron chi connectivity index (χ2n) is 7.23. The normalized spacial score (nSPS) is 24.6. The summed E-state index contributed by atoms with van der Waals surface area (Å²) in [5.74, 6) is 1.47. The number of aromatic nitrogens is 2. The number of nitrogens with one attached hydrogen (secondary N) is 1. The zero-order chi connectivity index (χ0) is 16.2. The molecule has 2 saturated carbocycles. The second kappa shape index (κ2) is 7.47. The van der Waals surface area contributed by atoms with Crippen LogP contribution in [0, 0.1) is 11.8 Å². The lowest BCUT2D eigenvalue weighted by Gasteiger charge is -2.28. The fourth-order valence-corrected chi connectivity index (χ4v) is 3.83. The zero-order valence-corrected chi connectivity index (χ0v) is 14.1. The number of carbonyl (C=O) groups excluding carboxylic acids is 1. The van der Waals surface area contributed by atoms with Gasteiger partial charge in [0.1, 0.15) is 0 Å². The summed E-state index contributed by atoms with van der Waals surface area (Å²) in [6, 6.07) is 0. The minimum atomic E-state index is 0.0281. The third-order valence-corrected chi connectivity index (χ3v) is 5.23. The highest BCUT2D eigenvalue weighted by Crippen LogP contribution is 2.41. The first-order valence-corrected chi connectivity index (χ1v) is 9.17. The number of rotatable bonds is 7. The Balaban J connectivity index is 1.60. The second-order valence-corrected chi connectivity index (χ2v) is 7.23. The first-order valence-electron chi connectivity index (χ1n) is 9.17.